The molecule has 0 atom stereocenters. The zero-order valence-corrected chi connectivity index (χ0v) is 16.1. The maximum absolute atomic E-state index is 12.4. The minimum atomic E-state index is -0.862. The number of carbonyl (C=O) groups is 3. The number of H-pyrrole nitrogens is 2. The highest BCUT2D eigenvalue weighted by Gasteiger charge is 2.21. The van der Waals surface area contributed by atoms with Crippen molar-refractivity contribution in [3.63, 3.8) is 0 Å². The van der Waals surface area contributed by atoms with Crippen LogP contribution in [0.3, 0.4) is 0 Å². The molecule has 2 heterocycles. The minimum Gasteiger partial charge on any atom is -0.456 e. The number of aromatic nitrogens is 3. The van der Waals surface area contributed by atoms with Crippen LogP contribution in [0.4, 0.5) is 0 Å². The van der Waals surface area contributed by atoms with Crippen molar-refractivity contribution >= 4 is 28.3 Å². The lowest BCUT2D eigenvalue weighted by atomic mass is 10.1. The molecular weight excluding hydrogens is 378 g/mol. The Morgan fingerprint density at radius 1 is 1.07 bits per heavy atom. The average molecular weight is 397 g/mol. The van der Waals surface area contributed by atoms with Gasteiger partial charge in [-0.05, 0) is 38.5 Å². The molecule has 0 fully saturated rings. The van der Waals surface area contributed by atoms with Gasteiger partial charge < -0.3 is 9.72 Å². The largest absolute Gasteiger partial charge is 0.456 e. The van der Waals surface area contributed by atoms with Crippen LogP contribution in [0.1, 0.15) is 39.0 Å². The summed E-state index contributed by atoms with van der Waals surface area (Å²) >= 11 is 0. The zero-order valence-electron chi connectivity index (χ0n) is 16.1. The number of ether oxygens (including phenoxy) is 1. The number of fused-ring (bicyclic) bond motifs is 1. The Hall–Kier alpha value is -3.75. The van der Waals surface area contributed by atoms with Crippen LogP contribution in [0.15, 0.2) is 33.9 Å². The summed E-state index contributed by atoms with van der Waals surface area (Å²) in [6.45, 7) is 3.60. The van der Waals surface area contributed by atoms with Crippen molar-refractivity contribution < 1.29 is 19.1 Å². The molecule has 0 amide bonds. The number of nitrogens with zero attached hydrogens (tertiary/aromatic N) is 1. The molecule has 0 aliphatic carbocycles. The van der Waals surface area contributed by atoms with E-state index in [2.05, 4.69) is 10.1 Å². The van der Waals surface area contributed by atoms with Crippen molar-refractivity contribution in [2.24, 2.45) is 0 Å². The van der Waals surface area contributed by atoms with E-state index in [0.717, 1.165) is 4.68 Å². The Kier molecular flexibility index (Phi) is 5.31. The van der Waals surface area contributed by atoms with E-state index >= 15 is 0 Å². The Morgan fingerprint density at radius 3 is 2.34 bits per heavy atom. The fraction of sp³-hybridized carbons (Fsp3) is 0.250. The number of ketones is 2. The molecule has 0 unspecified atom stereocenters. The number of nitrogens with one attached hydrogen (secondary N) is 2. The summed E-state index contributed by atoms with van der Waals surface area (Å²) in [7, 11) is 0. The van der Waals surface area contributed by atoms with Crippen molar-refractivity contribution in [2.75, 3.05) is 6.61 Å². The van der Waals surface area contributed by atoms with E-state index in [-0.39, 0.29) is 22.2 Å². The van der Waals surface area contributed by atoms with Gasteiger partial charge in [0.2, 0.25) is 5.78 Å². The summed E-state index contributed by atoms with van der Waals surface area (Å²) in [4.78, 5) is 63.4. The Bertz CT molecular complexity index is 1260. The molecule has 2 N–H and O–H groups in total. The summed E-state index contributed by atoms with van der Waals surface area (Å²) in [5.41, 5.74) is 0.608. The molecule has 0 saturated heterocycles. The van der Waals surface area contributed by atoms with E-state index < -0.39 is 36.0 Å². The number of aryl methyl sites for hydroxylation is 1. The van der Waals surface area contributed by atoms with Crippen LogP contribution >= 0.6 is 0 Å². The van der Waals surface area contributed by atoms with Crippen LogP contribution in [0, 0.1) is 13.8 Å². The molecule has 0 radical (unpaired) electrons. The molecule has 9 heteroatoms. The molecule has 0 aliphatic heterocycles. The third kappa shape index (κ3) is 3.79. The standard InChI is InChI=1S/C20H19N3O6/c1-10-17(12(3)24)11(2)21-18(10)15(25)9-29-16(26)8-23-20(28)14-7-5-4-6-13(14)19(27)22-23/h4-7,21H,8-9H2,1-3H3,(H,22,27). The quantitative estimate of drug-likeness (QED) is 0.476. The van der Waals surface area contributed by atoms with E-state index in [1.165, 1.54) is 19.1 Å². The Morgan fingerprint density at radius 2 is 1.72 bits per heavy atom. The minimum absolute atomic E-state index is 0.174. The molecule has 0 spiro atoms. The van der Waals surface area contributed by atoms with Crippen molar-refractivity contribution in [3.8, 4) is 0 Å². The van der Waals surface area contributed by atoms with E-state index in [1.807, 2.05) is 0 Å². The summed E-state index contributed by atoms with van der Waals surface area (Å²) in [5, 5.41) is 2.71. The monoisotopic (exact) mass is 397 g/mol. The summed E-state index contributed by atoms with van der Waals surface area (Å²) in [5.74, 6) is -1.54. The predicted octanol–water partition coefficient (Wildman–Crippen LogP) is 1.26. The smallest absolute Gasteiger partial charge is 0.328 e. The van der Waals surface area contributed by atoms with Gasteiger partial charge in [0.15, 0.2) is 12.4 Å². The number of carbonyl (C=O) groups excluding carboxylic acids is 3. The first-order chi connectivity index (χ1) is 13.7. The first kappa shape index (κ1) is 20.0. The second-order valence-electron chi connectivity index (χ2n) is 6.64. The van der Waals surface area contributed by atoms with Crippen LogP contribution in [0.5, 0.6) is 0 Å². The zero-order chi connectivity index (χ0) is 21.3. The molecule has 9 nitrogen and oxygen atoms in total. The highest BCUT2D eigenvalue weighted by atomic mass is 16.5. The lowest BCUT2D eigenvalue weighted by molar-refractivity contribution is -0.143. The maximum atomic E-state index is 12.4. The van der Waals surface area contributed by atoms with Crippen LogP contribution in [0.2, 0.25) is 0 Å². The molecule has 3 aromatic rings. The normalized spacial score (nSPS) is 10.9. The molecule has 3 rings (SSSR count). The van der Waals surface area contributed by atoms with Gasteiger partial charge in [-0.15, -0.1) is 0 Å². The van der Waals surface area contributed by atoms with E-state index in [0.29, 0.717) is 16.8 Å². The second kappa shape index (κ2) is 7.70. The predicted molar refractivity (Wildman–Crippen MR) is 104 cm³/mol. The Balaban J connectivity index is 1.74. The maximum Gasteiger partial charge on any atom is 0.328 e. The first-order valence-corrected chi connectivity index (χ1v) is 8.81. The fourth-order valence-corrected chi connectivity index (χ4v) is 3.31. The third-order valence-electron chi connectivity index (χ3n) is 4.60. The topological polar surface area (TPSA) is 131 Å². The van der Waals surface area contributed by atoms with E-state index in [4.69, 9.17) is 4.74 Å². The van der Waals surface area contributed by atoms with Crippen LogP contribution in [-0.4, -0.2) is 38.9 Å². The van der Waals surface area contributed by atoms with Gasteiger partial charge in [0.1, 0.15) is 6.54 Å². The first-order valence-electron chi connectivity index (χ1n) is 8.81. The average Bonchev–Trinajstić information content (AvgIpc) is 2.98. The van der Waals surface area contributed by atoms with Crippen molar-refractivity contribution in [2.45, 2.75) is 27.3 Å². The van der Waals surface area contributed by atoms with E-state index in [1.54, 1.807) is 26.0 Å². The van der Waals surface area contributed by atoms with Gasteiger partial charge >= 0.3 is 5.97 Å². The molecule has 150 valence electrons. The summed E-state index contributed by atoms with van der Waals surface area (Å²) < 4.78 is 5.80. The second-order valence-corrected chi connectivity index (χ2v) is 6.64. The molecule has 1 aromatic carbocycles. The summed E-state index contributed by atoms with van der Waals surface area (Å²) in [6.07, 6.45) is 0. The number of hydrogen-bond donors (Lipinski definition) is 2. The number of hydrogen-bond acceptors (Lipinski definition) is 6. The van der Waals surface area contributed by atoms with Gasteiger partial charge in [-0.25, -0.2) is 4.68 Å². The van der Waals surface area contributed by atoms with E-state index in [9.17, 15) is 24.0 Å². The van der Waals surface area contributed by atoms with Crippen LogP contribution in [0.25, 0.3) is 10.8 Å². The van der Waals surface area contributed by atoms with Gasteiger partial charge in [-0.1, -0.05) is 12.1 Å². The number of benzene rings is 1. The molecule has 0 bridgehead atoms. The van der Waals surface area contributed by atoms with Crippen LogP contribution in [-0.2, 0) is 16.1 Å². The molecular formula is C20H19N3O6. The molecule has 29 heavy (non-hydrogen) atoms. The third-order valence-corrected chi connectivity index (χ3v) is 4.60. The lowest BCUT2D eigenvalue weighted by Crippen LogP contribution is -2.33. The van der Waals surface area contributed by atoms with Gasteiger partial charge in [0.25, 0.3) is 11.1 Å². The lowest BCUT2D eigenvalue weighted by Gasteiger charge is -2.07. The van der Waals surface area contributed by atoms with Crippen LogP contribution < -0.4 is 11.1 Å². The highest BCUT2D eigenvalue weighted by Crippen LogP contribution is 2.19. The summed E-state index contributed by atoms with van der Waals surface area (Å²) in [6, 6.07) is 6.23. The number of Topliss-reactive ketones (excluding diaryl/α,β-unsaturated/α-hetero) is 2. The molecule has 2 aromatic heterocycles. The molecule has 0 saturated carbocycles. The van der Waals surface area contributed by atoms with Gasteiger partial charge in [-0.3, -0.25) is 29.1 Å². The van der Waals surface area contributed by atoms with Crippen molar-refractivity contribution in [1.29, 1.82) is 0 Å². The Labute approximate surface area is 164 Å². The molecule has 0 aliphatic rings. The number of esters is 1. The number of aromatic amines is 2. The van der Waals surface area contributed by atoms with Crippen molar-refractivity contribution in [3.05, 3.63) is 67.5 Å². The SMILES string of the molecule is CC(=O)c1c(C)[nH]c(C(=O)COC(=O)Cn2[nH]c(=O)c3ccccc3c2=O)c1C. The van der Waals surface area contributed by atoms with Crippen molar-refractivity contribution in [1.82, 2.24) is 14.8 Å². The highest BCUT2D eigenvalue weighted by molar-refractivity contribution is 6.04. The fourth-order valence-electron chi connectivity index (χ4n) is 3.31. The van der Waals surface area contributed by atoms with Gasteiger partial charge in [-0.2, -0.15) is 0 Å². The van der Waals surface area contributed by atoms with Gasteiger partial charge in [0.05, 0.1) is 16.5 Å². The number of rotatable bonds is 6. The van der Waals surface area contributed by atoms with Gasteiger partial charge in [0, 0.05) is 11.3 Å².